The van der Waals surface area contributed by atoms with Crippen molar-refractivity contribution in [1.29, 1.82) is 0 Å². The van der Waals surface area contributed by atoms with E-state index in [2.05, 4.69) is 24.4 Å². The number of aliphatic hydroxyl groups is 1. The van der Waals surface area contributed by atoms with Gasteiger partial charge in [0.2, 0.25) is 0 Å². The highest BCUT2D eigenvalue weighted by molar-refractivity contribution is 5.21. The molecule has 20 heavy (non-hydrogen) atoms. The molecule has 2 N–H and O–H groups in total. The summed E-state index contributed by atoms with van der Waals surface area (Å²) in [5.41, 5.74) is 1.45. The lowest BCUT2D eigenvalue weighted by Gasteiger charge is -2.25. The van der Waals surface area contributed by atoms with E-state index in [4.69, 9.17) is 0 Å². The lowest BCUT2D eigenvalue weighted by Crippen LogP contribution is -2.29. The van der Waals surface area contributed by atoms with Crippen molar-refractivity contribution in [2.24, 2.45) is 0 Å². The van der Waals surface area contributed by atoms with Gasteiger partial charge < -0.3 is 10.4 Å². The van der Waals surface area contributed by atoms with Crippen LogP contribution in [0.2, 0.25) is 0 Å². The van der Waals surface area contributed by atoms with Crippen LogP contribution >= 0.6 is 0 Å². The van der Waals surface area contributed by atoms with Gasteiger partial charge in [-0.2, -0.15) is 0 Å². The Morgan fingerprint density at radius 3 is 2.15 bits per heavy atom. The summed E-state index contributed by atoms with van der Waals surface area (Å²) in [6, 6.07) is 20.5. The van der Waals surface area contributed by atoms with Crippen molar-refractivity contribution in [3.05, 3.63) is 71.8 Å². The molecule has 0 aliphatic carbocycles. The van der Waals surface area contributed by atoms with Gasteiger partial charge in [-0.25, -0.2) is 0 Å². The van der Waals surface area contributed by atoms with Crippen LogP contribution in [-0.2, 0) is 5.60 Å². The number of nitrogens with one attached hydrogen (secondary N) is 1. The SMILES string of the molecule is C[C@H](NCCC(C)(O)c1ccccc1)c1ccccc1. The lowest BCUT2D eigenvalue weighted by molar-refractivity contribution is 0.0474. The second-order valence-electron chi connectivity index (χ2n) is 5.48. The van der Waals surface area contributed by atoms with E-state index >= 15 is 0 Å². The van der Waals surface area contributed by atoms with Crippen molar-refractivity contribution in [1.82, 2.24) is 5.32 Å². The van der Waals surface area contributed by atoms with Crippen LogP contribution in [0.25, 0.3) is 0 Å². The van der Waals surface area contributed by atoms with Crippen molar-refractivity contribution >= 4 is 0 Å². The molecule has 2 atom stereocenters. The molecule has 0 aliphatic heterocycles. The van der Waals surface area contributed by atoms with E-state index in [0.717, 1.165) is 12.1 Å². The summed E-state index contributed by atoms with van der Waals surface area (Å²) in [6.07, 6.45) is 0.689. The topological polar surface area (TPSA) is 32.3 Å². The Balaban J connectivity index is 1.87. The molecule has 0 heterocycles. The first-order valence-corrected chi connectivity index (χ1v) is 7.16. The highest BCUT2D eigenvalue weighted by Gasteiger charge is 2.22. The van der Waals surface area contributed by atoms with Crippen LogP contribution in [0.15, 0.2) is 60.7 Å². The second-order valence-corrected chi connectivity index (χ2v) is 5.48. The van der Waals surface area contributed by atoms with Gasteiger partial charge in [0, 0.05) is 6.04 Å². The first kappa shape index (κ1) is 14.8. The highest BCUT2D eigenvalue weighted by atomic mass is 16.3. The number of benzene rings is 2. The molecule has 2 rings (SSSR count). The monoisotopic (exact) mass is 269 g/mol. The minimum absolute atomic E-state index is 0.294. The van der Waals surface area contributed by atoms with Gasteiger partial charge in [0.05, 0.1) is 5.60 Å². The van der Waals surface area contributed by atoms with Gasteiger partial charge >= 0.3 is 0 Å². The van der Waals surface area contributed by atoms with E-state index < -0.39 is 5.60 Å². The fourth-order valence-electron chi connectivity index (χ4n) is 2.33. The molecule has 2 nitrogen and oxygen atoms in total. The van der Waals surface area contributed by atoms with Crippen molar-refractivity contribution in [3.63, 3.8) is 0 Å². The maximum atomic E-state index is 10.5. The number of rotatable bonds is 6. The Morgan fingerprint density at radius 2 is 1.55 bits per heavy atom. The summed E-state index contributed by atoms with van der Waals surface area (Å²) < 4.78 is 0. The largest absolute Gasteiger partial charge is 0.385 e. The maximum Gasteiger partial charge on any atom is 0.0880 e. The van der Waals surface area contributed by atoms with Gasteiger partial charge in [0.1, 0.15) is 0 Å². The molecule has 0 bridgehead atoms. The zero-order valence-electron chi connectivity index (χ0n) is 12.2. The van der Waals surface area contributed by atoms with Crippen LogP contribution in [0.3, 0.4) is 0 Å². The van der Waals surface area contributed by atoms with Gasteiger partial charge in [-0.15, -0.1) is 0 Å². The average molecular weight is 269 g/mol. The van der Waals surface area contributed by atoms with Crippen molar-refractivity contribution in [3.8, 4) is 0 Å². The minimum atomic E-state index is -0.787. The molecule has 0 fully saturated rings. The third-order valence-corrected chi connectivity index (χ3v) is 3.76. The van der Waals surface area contributed by atoms with Gasteiger partial charge in [0.15, 0.2) is 0 Å². The Hall–Kier alpha value is -1.64. The van der Waals surface area contributed by atoms with Crippen molar-refractivity contribution in [2.45, 2.75) is 31.9 Å². The molecule has 0 saturated heterocycles. The van der Waals surface area contributed by atoms with Crippen LogP contribution in [0.1, 0.15) is 37.4 Å². The second kappa shape index (κ2) is 6.69. The van der Waals surface area contributed by atoms with Gasteiger partial charge in [-0.1, -0.05) is 60.7 Å². The van der Waals surface area contributed by atoms with E-state index in [1.54, 1.807) is 0 Å². The summed E-state index contributed by atoms with van der Waals surface area (Å²) in [5.74, 6) is 0. The molecular weight excluding hydrogens is 246 g/mol. The molecule has 0 saturated carbocycles. The van der Waals surface area contributed by atoms with Crippen LogP contribution in [0.4, 0.5) is 0 Å². The van der Waals surface area contributed by atoms with Crippen molar-refractivity contribution < 1.29 is 5.11 Å². The number of hydrogen-bond donors (Lipinski definition) is 2. The summed E-state index contributed by atoms with van der Waals surface area (Å²) in [6.45, 7) is 4.79. The molecule has 0 radical (unpaired) electrons. The lowest BCUT2D eigenvalue weighted by atomic mass is 9.92. The van der Waals surface area contributed by atoms with Crippen LogP contribution in [-0.4, -0.2) is 11.7 Å². The Bertz CT molecular complexity index is 507. The third-order valence-electron chi connectivity index (χ3n) is 3.76. The predicted molar refractivity (Wildman–Crippen MR) is 83.5 cm³/mol. The highest BCUT2D eigenvalue weighted by Crippen LogP contribution is 2.24. The average Bonchev–Trinajstić information content (AvgIpc) is 2.49. The standard InChI is InChI=1S/C18H23NO/c1-15(16-9-5-3-6-10-16)19-14-13-18(2,20)17-11-7-4-8-12-17/h3-12,15,19-20H,13-14H2,1-2H3/t15-,18?/m0/s1. The van der Waals surface area contributed by atoms with Gasteiger partial charge in [0.25, 0.3) is 0 Å². The maximum absolute atomic E-state index is 10.5. The molecule has 2 aromatic carbocycles. The molecular formula is C18H23NO. The zero-order chi connectivity index (χ0) is 14.4. The van der Waals surface area contributed by atoms with E-state index in [0.29, 0.717) is 12.5 Å². The quantitative estimate of drug-likeness (QED) is 0.839. The first-order valence-electron chi connectivity index (χ1n) is 7.16. The van der Waals surface area contributed by atoms with Crippen LogP contribution in [0.5, 0.6) is 0 Å². The van der Waals surface area contributed by atoms with Crippen LogP contribution < -0.4 is 5.32 Å². The predicted octanol–water partition coefficient (Wildman–Crippen LogP) is 3.64. The minimum Gasteiger partial charge on any atom is -0.385 e. The van der Waals surface area contributed by atoms with Crippen molar-refractivity contribution in [2.75, 3.05) is 6.54 Å². The van der Waals surface area contributed by atoms with Crippen LogP contribution in [0, 0.1) is 0 Å². The van der Waals surface area contributed by atoms with E-state index in [1.807, 2.05) is 55.5 Å². The Morgan fingerprint density at radius 1 is 1.00 bits per heavy atom. The molecule has 0 spiro atoms. The molecule has 2 heteroatoms. The smallest absolute Gasteiger partial charge is 0.0880 e. The molecule has 2 aromatic rings. The summed E-state index contributed by atoms with van der Waals surface area (Å²) in [4.78, 5) is 0. The third kappa shape index (κ3) is 3.92. The number of hydrogen-bond acceptors (Lipinski definition) is 2. The molecule has 106 valence electrons. The first-order chi connectivity index (χ1) is 9.59. The van der Waals surface area contributed by atoms with E-state index in [-0.39, 0.29) is 0 Å². The Labute approximate surface area is 121 Å². The molecule has 1 unspecified atom stereocenters. The fraction of sp³-hybridized carbons (Fsp3) is 0.333. The zero-order valence-corrected chi connectivity index (χ0v) is 12.2. The van der Waals surface area contributed by atoms with Gasteiger partial charge in [-0.3, -0.25) is 0 Å². The van der Waals surface area contributed by atoms with E-state index in [9.17, 15) is 5.11 Å². The normalized spacial score (nSPS) is 15.6. The molecule has 0 amide bonds. The van der Waals surface area contributed by atoms with Gasteiger partial charge in [-0.05, 0) is 37.9 Å². The van der Waals surface area contributed by atoms with E-state index in [1.165, 1.54) is 5.56 Å². The molecule has 0 aromatic heterocycles. The summed E-state index contributed by atoms with van der Waals surface area (Å²) in [5, 5.41) is 14.0. The summed E-state index contributed by atoms with van der Waals surface area (Å²) in [7, 11) is 0. The summed E-state index contributed by atoms with van der Waals surface area (Å²) >= 11 is 0. The Kier molecular flexibility index (Phi) is 4.94. The molecule has 0 aliphatic rings. The fourth-order valence-corrected chi connectivity index (χ4v) is 2.33.